The summed E-state index contributed by atoms with van der Waals surface area (Å²) in [5.74, 6) is -0.312. The lowest BCUT2D eigenvalue weighted by atomic mass is 10.1. The zero-order valence-electron chi connectivity index (χ0n) is 8.24. The lowest BCUT2D eigenvalue weighted by Gasteiger charge is -2.04. The van der Waals surface area contributed by atoms with Crippen LogP contribution in [0.1, 0.15) is 12.1 Å². The number of nitrogens with one attached hydrogen (secondary N) is 2. The van der Waals surface area contributed by atoms with Gasteiger partial charge in [0.25, 0.3) is 0 Å². The highest BCUT2D eigenvalue weighted by Gasteiger charge is 2.28. The SMILES string of the molecule is Cc1cc(NC(=O)C2CNC(=O)C2)on1. The van der Waals surface area contributed by atoms with E-state index in [9.17, 15) is 9.59 Å². The molecule has 15 heavy (non-hydrogen) atoms. The summed E-state index contributed by atoms with van der Waals surface area (Å²) in [6.45, 7) is 2.15. The zero-order chi connectivity index (χ0) is 10.8. The fourth-order valence-electron chi connectivity index (χ4n) is 1.44. The molecule has 1 atom stereocenters. The summed E-state index contributed by atoms with van der Waals surface area (Å²) in [5, 5.41) is 8.80. The van der Waals surface area contributed by atoms with Crippen LogP contribution in [0.2, 0.25) is 0 Å². The monoisotopic (exact) mass is 209 g/mol. The molecule has 1 saturated heterocycles. The fraction of sp³-hybridized carbons (Fsp3) is 0.444. The van der Waals surface area contributed by atoms with Crippen LogP contribution in [0.5, 0.6) is 0 Å². The molecule has 2 rings (SSSR count). The van der Waals surface area contributed by atoms with Crippen molar-refractivity contribution in [2.45, 2.75) is 13.3 Å². The van der Waals surface area contributed by atoms with Gasteiger partial charge < -0.3 is 9.84 Å². The average Bonchev–Trinajstić information content (AvgIpc) is 2.75. The molecular weight excluding hydrogens is 198 g/mol. The van der Waals surface area contributed by atoms with E-state index in [1.165, 1.54) is 0 Å². The molecule has 2 amide bonds. The summed E-state index contributed by atoms with van der Waals surface area (Å²) in [6.07, 6.45) is 0.235. The zero-order valence-corrected chi connectivity index (χ0v) is 8.24. The summed E-state index contributed by atoms with van der Waals surface area (Å²) in [4.78, 5) is 22.5. The molecule has 1 fully saturated rings. The van der Waals surface area contributed by atoms with E-state index in [-0.39, 0.29) is 24.2 Å². The van der Waals surface area contributed by atoms with Crippen molar-refractivity contribution >= 4 is 17.7 Å². The van der Waals surface area contributed by atoms with Crippen LogP contribution in [0, 0.1) is 12.8 Å². The number of carbonyl (C=O) groups is 2. The van der Waals surface area contributed by atoms with Crippen LogP contribution in [-0.4, -0.2) is 23.5 Å². The molecule has 0 aliphatic carbocycles. The minimum atomic E-state index is -0.317. The largest absolute Gasteiger partial charge is 0.355 e. The number of anilines is 1. The number of hydrogen-bond donors (Lipinski definition) is 2. The highest BCUT2D eigenvalue weighted by atomic mass is 16.5. The molecule has 0 saturated carbocycles. The molecule has 1 aromatic rings. The number of carbonyl (C=O) groups excluding carboxylic acids is 2. The number of nitrogens with zero attached hydrogens (tertiary/aromatic N) is 1. The van der Waals surface area contributed by atoms with E-state index in [1.54, 1.807) is 13.0 Å². The van der Waals surface area contributed by atoms with E-state index in [4.69, 9.17) is 4.52 Å². The predicted octanol–water partition coefficient (Wildman–Crippen LogP) is 0.0576. The Hall–Kier alpha value is -1.85. The highest BCUT2D eigenvalue weighted by Crippen LogP contribution is 2.14. The van der Waals surface area contributed by atoms with Crippen molar-refractivity contribution in [3.63, 3.8) is 0 Å². The number of aryl methyl sites for hydroxylation is 1. The van der Waals surface area contributed by atoms with Gasteiger partial charge in [0.1, 0.15) is 0 Å². The Bertz CT molecular complexity index is 399. The minimum absolute atomic E-state index is 0.0936. The lowest BCUT2D eigenvalue weighted by molar-refractivity contribution is -0.123. The van der Waals surface area contributed by atoms with Crippen molar-refractivity contribution in [2.75, 3.05) is 11.9 Å². The molecule has 0 spiro atoms. The van der Waals surface area contributed by atoms with Crippen LogP contribution in [-0.2, 0) is 9.59 Å². The third-order valence-electron chi connectivity index (χ3n) is 2.22. The van der Waals surface area contributed by atoms with Crippen molar-refractivity contribution in [2.24, 2.45) is 5.92 Å². The first-order chi connectivity index (χ1) is 7.15. The second kappa shape index (κ2) is 3.72. The smallest absolute Gasteiger partial charge is 0.232 e. The molecule has 0 aromatic carbocycles. The van der Waals surface area contributed by atoms with Crippen LogP contribution in [0.25, 0.3) is 0 Å². The van der Waals surface area contributed by atoms with E-state index in [1.807, 2.05) is 0 Å². The average molecular weight is 209 g/mol. The second-order valence-electron chi connectivity index (χ2n) is 3.53. The van der Waals surface area contributed by atoms with Crippen molar-refractivity contribution in [1.82, 2.24) is 10.5 Å². The molecular formula is C9H11N3O3. The molecule has 1 aromatic heterocycles. The maximum Gasteiger partial charge on any atom is 0.232 e. The molecule has 1 unspecified atom stereocenters. The molecule has 2 heterocycles. The normalized spacial score (nSPS) is 20.1. The second-order valence-corrected chi connectivity index (χ2v) is 3.53. The van der Waals surface area contributed by atoms with Gasteiger partial charge in [-0.1, -0.05) is 5.16 Å². The standard InChI is InChI=1S/C9H11N3O3/c1-5-2-8(15-12-5)11-9(14)6-3-7(13)10-4-6/h2,6H,3-4H2,1H3,(H,10,13)(H,11,14). The van der Waals surface area contributed by atoms with Crippen molar-refractivity contribution in [3.8, 4) is 0 Å². The van der Waals surface area contributed by atoms with Crippen molar-refractivity contribution < 1.29 is 14.1 Å². The molecule has 1 aliphatic rings. The van der Waals surface area contributed by atoms with Crippen molar-refractivity contribution in [1.29, 1.82) is 0 Å². The lowest BCUT2D eigenvalue weighted by Crippen LogP contribution is -2.24. The van der Waals surface area contributed by atoms with Crippen LogP contribution < -0.4 is 10.6 Å². The Balaban J connectivity index is 1.95. The topological polar surface area (TPSA) is 84.2 Å². The number of amides is 2. The molecule has 6 heteroatoms. The van der Waals surface area contributed by atoms with Crippen LogP contribution >= 0.6 is 0 Å². The van der Waals surface area contributed by atoms with Gasteiger partial charge in [-0.2, -0.15) is 0 Å². The fourth-order valence-corrected chi connectivity index (χ4v) is 1.44. The maximum absolute atomic E-state index is 11.6. The molecule has 1 aliphatic heterocycles. The first-order valence-electron chi connectivity index (χ1n) is 4.66. The predicted molar refractivity (Wildman–Crippen MR) is 51.0 cm³/mol. The Kier molecular flexibility index (Phi) is 2.40. The summed E-state index contributed by atoms with van der Waals surface area (Å²) in [6, 6.07) is 1.63. The van der Waals surface area contributed by atoms with Gasteiger partial charge in [0.05, 0.1) is 11.6 Å². The quantitative estimate of drug-likeness (QED) is 0.721. The van der Waals surface area contributed by atoms with E-state index in [0.29, 0.717) is 18.1 Å². The third-order valence-corrected chi connectivity index (χ3v) is 2.22. The van der Waals surface area contributed by atoms with Crippen LogP contribution in [0.4, 0.5) is 5.88 Å². The maximum atomic E-state index is 11.6. The van der Waals surface area contributed by atoms with Gasteiger partial charge in [0.15, 0.2) is 0 Å². The van der Waals surface area contributed by atoms with E-state index >= 15 is 0 Å². The van der Waals surface area contributed by atoms with E-state index < -0.39 is 0 Å². The number of aromatic nitrogens is 1. The van der Waals surface area contributed by atoms with Crippen LogP contribution in [0.15, 0.2) is 10.6 Å². The van der Waals surface area contributed by atoms with E-state index in [2.05, 4.69) is 15.8 Å². The Morgan fingerprint density at radius 2 is 2.53 bits per heavy atom. The first-order valence-corrected chi connectivity index (χ1v) is 4.66. The molecule has 80 valence electrons. The summed E-state index contributed by atoms with van der Waals surface area (Å²) in [5.41, 5.74) is 0.700. The summed E-state index contributed by atoms with van der Waals surface area (Å²) in [7, 11) is 0. The Morgan fingerprint density at radius 3 is 3.07 bits per heavy atom. The van der Waals surface area contributed by atoms with Gasteiger partial charge in [-0.15, -0.1) is 0 Å². The van der Waals surface area contributed by atoms with Gasteiger partial charge >= 0.3 is 0 Å². The summed E-state index contributed by atoms with van der Waals surface area (Å²) >= 11 is 0. The Labute approximate surface area is 86.0 Å². The third kappa shape index (κ3) is 2.15. The minimum Gasteiger partial charge on any atom is -0.355 e. The van der Waals surface area contributed by atoms with E-state index in [0.717, 1.165) is 0 Å². The number of hydrogen-bond acceptors (Lipinski definition) is 4. The molecule has 0 radical (unpaired) electrons. The van der Waals surface area contributed by atoms with Crippen molar-refractivity contribution in [3.05, 3.63) is 11.8 Å². The van der Waals surface area contributed by atoms with Gasteiger partial charge in [0, 0.05) is 19.0 Å². The van der Waals surface area contributed by atoms with Gasteiger partial charge in [-0.05, 0) is 6.92 Å². The Morgan fingerprint density at radius 1 is 1.73 bits per heavy atom. The van der Waals surface area contributed by atoms with Crippen LogP contribution in [0.3, 0.4) is 0 Å². The number of rotatable bonds is 2. The summed E-state index contributed by atoms with van der Waals surface area (Å²) < 4.78 is 4.83. The molecule has 2 N–H and O–H groups in total. The first kappa shape index (κ1) is 9.70. The molecule has 0 bridgehead atoms. The van der Waals surface area contributed by atoms with Gasteiger partial charge in [-0.3, -0.25) is 14.9 Å². The van der Waals surface area contributed by atoms with Gasteiger partial charge in [0.2, 0.25) is 17.7 Å². The van der Waals surface area contributed by atoms with Gasteiger partial charge in [-0.25, -0.2) is 0 Å². The molecule has 6 nitrogen and oxygen atoms in total. The highest BCUT2D eigenvalue weighted by molar-refractivity contribution is 5.96.